The van der Waals surface area contributed by atoms with Crippen molar-refractivity contribution in [1.29, 1.82) is 0 Å². The predicted octanol–water partition coefficient (Wildman–Crippen LogP) is 1.25. The minimum Gasteiger partial charge on any atom is -0.352 e. The lowest BCUT2D eigenvalue weighted by molar-refractivity contribution is -0.123. The molecule has 2 rings (SSSR count). The summed E-state index contributed by atoms with van der Waals surface area (Å²) >= 11 is 0. The maximum absolute atomic E-state index is 12.8. The molecule has 3 N–H and O–H groups in total. The van der Waals surface area contributed by atoms with Crippen molar-refractivity contribution in [1.82, 2.24) is 10.2 Å². The van der Waals surface area contributed by atoms with Gasteiger partial charge in [0.15, 0.2) is 0 Å². The monoisotopic (exact) mass is 279 g/mol. The lowest BCUT2D eigenvalue weighted by Gasteiger charge is -2.32. The number of piperidine rings is 1. The molecule has 1 aromatic rings. The summed E-state index contributed by atoms with van der Waals surface area (Å²) in [4.78, 5) is 13.9. The number of carbonyl (C=O) groups is 1. The highest BCUT2D eigenvalue weighted by Crippen LogP contribution is 2.14. The quantitative estimate of drug-likeness (QED) is 0.872. The molecule has 110 valence electrons. The van der Waals surface area contributed by atoms with E-state index in [0.717, 1.165) is 38.0 Å². The molecule has 1 atom stereocenters. The molecule has 0 aromatic heterocycles. The number of halogens is 1. The van der Waals surface area contributed by atoms with Crippen molar-refractivity contribution >= 4 is 5.91 Å². The molecule has 1 fully saturated rings. The molecular weight excluding hydrogens is 257 g/mol. The number of rotatable bonds is 4. The molecule has 1 aliphatic heterocycles. The first-order valence-corrected chi connectivity index (χ1v) is 7.07. The normalized spacial score (nSPS) is 18.8. The van der Waals surface area contributed by atoms with Crippen molar-refractivity contribution in [3.63, 3.8) is 0 Å². The van der Waals surface area contributed by atoms with Crippen LogP contribution in [0.2, 0.25) is 0 Å². The fourth-order valence-electron chi connectivity index (χ4n) is 2.42. The van der Waals surface area contributed by atoms with Gasteiger partial charge >= 0.3 is 0 Å². The number of carbonyl (C=O) groups excluding carboxylic acids is 1. The Bertz CT molecular complexity index is 439. The van der Waals surface area contributed by atoms with Crippen LogP contribution in [0.3, 0.4) is 0 Å². The highest BCUT2D eigenvalue weighted by molar-refractivity contribution is 5.81. The van der Waals surface area contributed by atoms with Gasteiger partial charge < -0.3 is 11.1 Å². The molecule has 0 bridgehead atoms. The first-order valence-electron chi connectivity index (χ1n) is 7.07. The zero-order valence-electron chi connectivity index (χ0n) is 11.8. The average molecular weight is 279 g/mol. The molecule has 0 spiro atoms. The van der Waals surface area contributed by atoms with Crippen LogP contribution in [0.1, 0.15) is 25.3 Å². The van der Waals surface area contributed by atoms with Crippen LogP contribution in [0.25, 0.3) is 0 Å². The van der Waals surface area contributed by atoms with E-state index < -0.39 is 6.04 Å². The van der Waals surface area contributed by atoms with Crippen molar-refractivity contribution in [2.45, 2.75) is 38.4 Å². The Morgan fingerprint density at radius 3 is 2.55 bits per heavy atom. The lowest BCUT2D eigenvalue weighted by atomic mass is 10.0. The van der Waals surface area contributed by atoms with Gasteiger partial charge in [-0.25, -0.2) is 4.39 Å². The van der Waals surface area contributed by atoms with Gasteiger partial charge in [0, 0.05) is 25.7 Å². The largest absolute Gasteiger partial charge is 0.352 e. The lowest BCUT2D eigenvalue weighted by Crippen LogP contribution is -2.48. The van der Waals surface area contributed by atoms with E-state index in [1.165, 1.54) is 12.1 Å². The van der Waals surface area contributed by atoms with E-state index >= 15 is 0 Å². The van der Waals surface area contributed by atoms with Gasteiger partial charge in [0.2, 0.25) is 5.91 Å². The minimum atomic E-state index is -0.452. The Labute approximate surface area is 119 Å². The van der Waals surface area contributed by atoms with Crippen LogP contribution in [0, 0.1) is 5.82 Å². The number of hydrogen-bond donors (Lipinski definition) is 2. The summed E-state index contributed by atoms with van der Waals surface area (Å²) in [6, 6.07) is 6.39. The van der Waals surface area contributed by atoms with E-state index in [9.17, 15) is 9.18 Å². The molecule has 0 unspecified atom stereocenters. The Morgan fingerprint density at radius 1 is 1.40 bits per heavy atom. The van der Waals surface area contributed by atoms with Gasteiger partial charge in [-0.05, 0) is 37.5 Å². The number of hydrogen-bond acceptors (Lipinski definition) is 3. The number of nitrogens with zero attached hydrogens (tertiary/aromatic N) is 1. The zero-order chi connectivity index (χ0) is 14.5. The summed E-state index contributed by atoms with van der Waals surface area (Å²) in [5.41, 5.74) is 6.66. The number of amides is 1. The Hall–Kier alpha value is -1.46. The summed E-state index contributed by atoms with van der Waals surface area (Å²) < 4.78 is 12.8. The van der Waals surface area contributed by atoms with E-state index in [1.807, 2.05) is 12.1 Å². The second-order valence-corrected chi connectivity index (χ2v) is 5.47. The smallest absolute Gasteiger partial charge is 0.236 e. The summed E-state index contributed by atoms with van der Waals surface area (Å²) in [6.45, 7) is 4.38. The molecule has 5 heteroatoms. The number of nitrogens with one attached hydrogen (secondary N) is 1. The minimum absolute atomic E-state index is 0.0815. The van der Waals surface area contributed by atoms with Gasteiger partial charge in [0.25, 0.3) is 0 Å². The van der Waals surface area contributed by atoms with E-state index in [4.69, 9.17) is 5.73 Å². The third-order valence-electron chi connectivity index (χ3n) is 3.67. The van der Waals surface area contributed by atoms with E-state index in [1.54, 1.807) is 6.92 Å². The molecular formula is C15H22FN3O. The SMILES string of the molecule is C[C@@H](N)C(=O)NC1CCN(Cc2ccc(F)cc2)CC1. The standard InChI is InChI=1S/C15H22FN3O/c1-11(17)15(20)18-14-6-8-19(9-7-14)10-12-2-4-13(16)5-3-12/h2-5,11,14H,6-10,17H2,1H3,(H,18,20)/t11-/m1/s1. The second-order valence-electron chi connectivity index (χ2n) is 5.47. The van der Waals surface area contributed by atoms with Gasteiger partial charge in [-0.3, -0.25) is 9.69 Å². The third-order valence-corrected chi connectivity index (χ3v) is 3.67. The van der Waals surface area contributed by atoms with Crippen LogP contribution in [0.5, 0.6) is 0 Å². The van der Waals surface area contributed by atoms with Crippen molar-refractivity contribution < 1.29 is 9.18 Å². The molecule has 0 radical (unpaired) electrons. The molecule has 1 amide bonds. The highest BCUT2D eigenvalue weighted by Gasteiger charge is 2.21. The summed E-state index contributed by atoms with van der Waals surface area (Å²) in [5, 5.41) is 2.97. The summed E-state index contributed by atoms with van der Waals surface area (Å²) in [7, 11) is 0. The van der Waals surface area contributed by atoms with Crippen molar-refractivity contribution in [2.24, 2.45) is 5.73 Å². The van der Waals surface area contributed by atoms with E-state index in [-0.39, 0.29) is 17.8 Å². The average Bonchev–Trinajstić information content (AvgIpc) is 2.43. The van der Waals surface area contributed by atoms with Crippen LogP contribution in [-0.2, 0) is 11.3 Å². The van der Waals surface area contributed by atoms with Crippen molar-refractivity contribution in [3.8, 4) is 0 Å². The fraction of sp³-hybridized carbons (Fsp3) is 0.533. The van der Waals surface area contributed by atoms with Gasteiger partial charge in [-0.15, -0.1) is 0 Å². The fourth-order valence-corrected chi connectivity index (χ4v) is 2.42. The highest BCUT2D eigenvalue weighted by atomic mass is 19.1. The Morgan fingerprint density at radius 2 is 2.00 bits per heavy atom. The van der Waals surface area contributed by atoms with Gasteiger partial charge in [-0.1, -0.05) is 12.1 Å². The van der Waals surface area contributed by atoms with Crippen molar-refractivity contribution in [3.05, 3.63) is 35.6 Å². The van der Waals surface area contributed by atoms with Crippen LogP contribution in [0.4, 0.5) is 4.39 Å². The van der Waals surface area contributed by atoms with E-state index in [0.29, 0.717) is 0 Å². The maximum atomic E-state index is 12.8. The molecule has 0 saturated carbocycles. The second kappa shape index (κ2) is 6.81. The van der Waals surface area contributed by atoms with Crippen molar-refractivity contribution in [2.75, 3.05) is 13.1 Å². The van der Waals surface area contributed by atoms with Crippen LogP contribution < -0.4 is 11.1 Å². The first kappa shape index (κ1) is 14.9. The molecule has 1 aliphatic rings. The predicted molar refractivity (Wildman–Crippen MR) is 76.5 cm³/mol. The maximum Gasteiger partial charge on any atom is 0.236 e. The van der Waals surface area contributed by atoms with Crippen LogP contribution in [0.15, 0.2) is 24.3 Å². The molecule has 1 heterocycles. The topological polar surface area (TPSA) is 58.4 Å². The first-order chi connectivity index (χ1) is 9.54. The van der Waals surface area contributed by atoms with Crippen LogP contribution in [-0.4, -0.2) is 36.0 Å². The van der Waals surface area contributed by atoms with Gasteiger partial charge in [0.05, 0.1) is 6.04 Å². The third kappa shape index (κ3) is 4.28. The van der Waals surface area contributed by atoms with E-state index in [2.05, 4.69) is 10.2 Å². The summed E-state index contributed by atoms with van der Waals surface area (Å²) in [5.74, 6) is -0.284. The molecule has 4 nitrogen and oxygen atoms in total. The molecule has 1 saturated heterocycles. The Balaban J connectivity index is 1.77. The molecule has 0 aliphatic carbocycles. The van der Waals surface area contributed by atoms with Gasteiger partial charge in [-0.2, -0.15) is 0 Å². The summed E-state index contributed by atoms with van der Waals surface area (Å²) in [6.07, 6.45) is 1.86. The van der Waals surface area contributed by atoms with Gasteiger partial charge in [0.1, 0.15) is 5.82 Å². The Kier molecular flexibility index (Phi) is 5.09. The van der Waals surface area contributed by atoms with Crippen LogP contribution >= 0.6 is 0 Å². The number of likely N-dealkylation sites (tertiary alicyclic amines) is 1. The zero-order valence-corrected chi connectivity index (χ0v) is 11.8. The molecule has 1 aromatic carbocycles. The number of benzene rings is 1. The molecule has 20 heavy (non-hydrogen) atoms. The number of nitrogens with two attached hydrogens (primary N) is 1.